The quantitative estimate of drug-likeness (QED) is 0.628. The van der Waals surface area contributed by atoms with E-state index in [-0.39, 0.29) is 19.1 Å². The van der Waals surface area contributed by atoms with Crippen LogP contribution in [0.25, 0.3) is 0 Å². The molecule has 0 bridgehead atoms. The van der Waals surface area contributed by atoms with Crippen molar-refractivity contribution in [1.82, 2.24) is 10.3 Å². The number of carbonyl (C=O) groups excluding carboxylic acids is 1. The van der Waals surface area contributed by atoms with E-state index < -0.39 is 6.10 Å². The van der Waals surface area contributed by atoms with Gasteiger partial charge in [0.2, 0.25) is 0 Å². The van der Waals surface area contributed by atoms with Gasteiger partial charge in [0.05, 0.1) is 12.7 Å². The van der Waals surface area contributed by atoms with E-state index in [1.54, 1.807) is 23.2 Å². The zero-order valence-electron chi connectivity index (χ0n) is 9.92. The number of nitrogens with one attached hydrogen (secondary N) is 1. The van der Waals surface area contributed by atoms with Crippen LogP contribution in [-0.2, 0) is 0 Å². The zero-order valence-corrected chi connectivity index (χ0v) is 9.92. The van der Waals surface area contributed by atoms with Crippen LogP contribution in [0.5, 0.6) is 0 Å². The van der Waals surface area contributed by atoms with Crippen molar-refractivity contribution in [3.05, 3.63) is 23.9 Å². The molecule has 3 N–H and O–H groups in total. The first-order valence-corrected chi connectivity index (χ1v) is 5.25. The third-order valence-electron chi connectivity index (χ3n) is 2.17. The molecule has 1 rings (SSSR count). The molecule has 1 heterocycles. The molecule has 0 aliphatic heterocycles. The first kappa shape index (κ1) is 13.4. The highest BCUT2D eigenvalue weighted by Crippen LogP contribution is 2.09. The van der Waals surface area contributed by atoms with Crippen molar-refractivity contribution in [1.29, 1.82) is 0 Å². The molecule has 1 aromatic rings. The highest BCUT2D eigenvalue weighted by Gasteiger charge is 2.09. The van der Waals surface area contributed by atoms with Gasteiger partial charge >= 0.3 is 0 Å². The van der Waals surface area contributed by atoms with Crippen molar-refractivity contribution in [2.24, 2.45) is 0 Å². The number of aliphatic hydroxyl groups is 2. The number of pyridine rings is 1. The monoisotopic (exact) mass is 239 g/mol. The summed E-state index contributed by atoms with van der Waals surface area (Å²) in [5.41, 5.74) is 0.467. The lowest BCUT2D eigenvalue weighted by molar-refractivity contribution is 0.0802. The van der Waals surface area contributed by atoms with Crippen LogP contribution in [0.4, 0.5) is 5.82 Å². The molecule has 0 aliphatic carbocycles. The van der Waals surface area contributed by atoms with Gasteiger partial charge < -0.3 is 20.4 Å². The third kappa shape index (κ3) is 4.01. The summed E-state index contributed by atoms with van der Waals surface area (Å²) < 4.78 is 0. The smallest absolute Gasteiger partial charge is 0.251 e. The fourth-order valence-corrected chi connectivity index (χ4v) is 1.18. The summed E-state index contributed by atoms with van der Waals surface area (Å²) in [5.74, 6) is 0.378. The Morgan fingerprint density at radius 2 is 2.29 bits per heavy atom. The van der Waals surface area contributed by atoms with Crippen LogP contribution in [0.1, 0.15) is 10.4 Å². The summed E-state index contributed by atoms with van der Waals surface area (Å²) in [6.07, 6.45) is 0.612. The van der Waals surface area contributed by atoms with Crippen molar-refractivity contribution >= 4 is 11.7 Å². The molecule has 17 heavy (non-hydrogen) atoms. The summed E-state index contributed by atoms with van der Waals surface area (Å²) >= 11 is 0. The second kappa shape index (κ2) is 6.17. The standard InChI is InChI=1S/C11H17N3O3/c1-14(2)10-5-8(3-4-12-10)11(17)13-6-9(16)7-15/h3-5,9,15-16H,6-7H2,1-2H3,(H,13,17). The zero-order chi connectivity index (χ0) is 12.8. The van der Waals surface area contributed by atoms with E-state index >= 15 is 0 Å². The molecule has 1 amide bonds. The van der Waals surface area contributed by atoms with E-state index in [1.165, 1.54) is 0 Å². The van der Waals surface area contributed by atoms with Gasteiger partial charge in [0.1, 0.15) is 5.82 Å². The number of carbonyl (C=O) groups is 1. The summed E-state index contributed by atoms with van der Waals surface area (Å²) in [7, 11) is 3.67. The number of hydrogen-bond acceptors (Lipinski definition) is 5. The number of anilines is 1. The Morgan fingerprint density at radius 1 is 1.59 bits per heavy atom. The van der Waals surface area contributed by atoms with Gasteiger partial charge in [-0.1, -0.05) is 0 Å². The Hall–Kier alpha value is -1.66. The van der Waals surface area contributed by atoms with Crippen molar-refractivity contribution in [2.75, 3.05) is 32.1 Å². The normalized spacial score (nSPS) is 12.0. The van der Waals surface area contributed by atoms with Crippen LogP contribution in [0.2, 0.25) is 0 Å². The third-order valence-corrected chi connectivity index (χ3v) is 2.17. The first-order chi connectivity index (χ1) is 8.04. The maximum Gasteiger partial charge on any atom is 0.251 e. The maximum absolute atomic E-state index is 11.7. The van der Waals surface area contributed by atoms with Crippen LogP contribution in [0.15, 0.2) is 18.3 Å². The molecule has 1 unspecified atom stereocenters. The highest BCUT2D eigenvalue weighted by molar-refractivity contribution is 5.94. The van der Waals surface area contributed by atoms with Crippen LogP contribution in [0, 0.1) is 0 Å². The van der Waals surface area contributed by atoms with Gasteiger partial charge in [0, 0.05) is 32.4 Å². The van der Waals surface area contributed by atoms with Crippen LogP contribution in [-0.4, -0.2) is 54.5 Å². The molecule has 0 aliphatic rings. The van der Waals surface area contributed by atoms with E-state index in [1.807, 2.05) is 14.1 Å². The molecule has 0 spiro atoms. The minimum Gasteiger partial charge on any atom is -0.394 e. The summed E-state index contributed by atoms with van der Waals surface area (Å²) in [6, 6.07) is 3.24. The molecule has 0 fully saturated rings. The molecular weight excluding hydrogens is 222 g/mol. The van der Waals surface area contributed by atoms with Gasteiger partial charge in [-0.05, 0) is 12.1 Å². The van der Waals surface area contributed by atoms with E-state index in [2.05, 4.69) is 10.3 Å². The van der Waals surface area contributed by atoms with Gasteiger partial charge in [-0.3, -0.25) is 4.79 Å². The second-order valence-electron chi connectivity index (χ2n) is 3.84. The minimum absolute atomic E-state index is 0.0228. The van der Waals surface area contributed by atoms with Crippen LogP contribution < -0.4 is 10.2 Å². The van der Waals surface area contributed by atoms with E-state index in [9.17, 15) is 4.79 Å². The fraction of sp³-hybridized carbons (Fsp3) is 0.455. The molecule has 1 atom stereocenters. The summed E-state index contributed by atoms with van der Waals surface area (Å²) in [4.78, 5) is 17.6. The van der Waals surface area contributed by atoms with E-state index in [4.69, 9.17) is 10.2 Å². The van der Waals surface area contributed by atoms with Crippen molar-refractivity contribution < 1.29 is 15.0 Å². The SMILES string of the molecule is CN(C)c1cc(C(=O)NCC(O)CO)ccn1. The Labute approximate surface area is 99.9 Å². The first-order valence-electron chi connectivity index (χ1n) is 5.25. The Morgan fingerprint density at radius 3 is 2.88 bits per heavy atom. The largest absolute Gasteiger partial charge is 0.394 e. The van der Waals surface area contributed by atoms with Gasteiger partial charge in [0.25, 0.3) is 5.91 Å². The second-order valence-corrected chi connectivity index (χ2v) is 3.84. The lowest BCUT2D eigenvalue weighted by atomic mass is 10.2. The molecular formula is C11H17N3O3. The molecule has 0 radical (unpaired) electrons. The van der Waals surface area contributed by atoms with E-state index in [0.29, 0.717) is 11.4 Å². The van der Waals surface area contributed by atoms with Gasteiger partial charge in [-0.2, -0.15) is 0 Å². The average Bonchev–Trinajstić information content (AvgIpc) is 2.35. The van der Waals surface area contributed by atoms with Crippen molar-refractivity contribution in [3.63, 3.8) is 0 Å². The number of hydrogen-bond donors (Lipinski definition) is 3. The lowest BCUT2D eigenvalue weighted by Crippen LogP contribution is -2.34. The fourth-order valence-electron chi connectivity index (χ4n) is 1.18. The average molecular weight is 239 g/mol. The maximum atomic E-state index is 11.7. The molecule has 1 aromatic heterocycles. The minimum atomic E-state index is -0.936. The molecule has 6 nitrogen and oxygen atoms in total. The summed E-state index contributed by atoms with van der Waals surface area (Å²) in [5, 5.41) is 20.2. The Balaban J connectivity index is 2.66. The van der Waals surface area contributed by atoms with Crippen molar-refractivity contribution in [3.8, 4) is 0 Å². The number of aliphatic hydroxyl groups excluding tert-OH is 2. The lowest BCUT2D eigenvalue weighted by Gasteiger charge is -2.13. The highest BCUT2D eigenvalue weighted by atomic mass is 16.3. The topological polar surface area (TPSA) is 85.7 Å². The molecule has 0 saturated carbocycles. The van der Waals surface area contributed by atoms with Gasteiger partial charge in [-0.15, -0.1) is 0 Å². The molecule has 0 saturated heterocycles. The molecule has 94 valence electrons. The number of amides is 1. The van der Waals surface area contributed by atoms with Gasteiger partial charge in [0.15, 0.2) is 0 Å². The number of aromatic nitrogens is 1. The van der Waals surface area contributed by atoms with Gasteiger partial charge in [-0.25, -0.2) is 4.98 Å². The Kier molecular flexibility index (Phi) is 4.86. The van der Waals surface area contributed by atoms with Crippen LogP contribution in [0.3, 0.4) is 0 Å². The Bertz CT molecular complexity index is 382. The predicted molar refractivity (Wildman–Crippen MR) is 64.0 cm³/mol. The number of rotatable bonds is 5. The van der Waals surface area contributed by atoms with E-state index in [0.717, 1.165) is 0 Å². The number of nitrogens with zero attached hydrogens (tertiary/aromatic N) is 2. The molecule has 0 aromatic carbocycles. The molecule has 6 heteroatoms. The van der Waals surface area contributed by atoms with Crippen molar-refractivity contribution in [2.45, 2.75) is 6.10 Å². The van der Waals surface area contributed by atoms with Crippen LogP contribution >= 0.6 is 0 Å². The predicted octanol–water partition coefficient (Wildman–Crippen LogP) is -0.769. The summed E-state index contributed by atoms with van der Waals surface area (Å²) in [6.45, 7) is -0.353.